The molecule has 1 N–H and O–H groups in total. The van der Waals surface area contributed by atoms with Crippen LogP contribution in [0.1, 0.15) is 168 Å². The summed E-state index contributed by atoms with van der Waals surface area (Å²) in [6, 6.07) is 0. The summed E-state index contributed by atoms with van der Waals surface area (Å²) in [5, 5.41) is 0. The maximum absolute atomic E-state index is 12.6. The predicted octanol–water partition coefficient (Wildman–Crippen LogP) is 11.8. The molecule has 9 heteroatoms. The van der Waals surface area contributed by atoms with Crippen molar-refractivity contribution in [2.45, 2.75) is 174 Å². The zero-order valence-electron chi connectivity index (χ0n) is 33.8. The molecule has 2 atom stereocenters. The van der Waals surface area contributed by atoms with Crippen molar-refractivity contribution in [2.75, 3.05) is 54.1 Å². The molecule has 2 unspecified atom stereocenters. The van der Waals surface area contributed by atoms with Gasteiger partial charge in [0.2, 0.25) is 0 Å². The molecule has 0 aromatic rings. The number of phosphoric acid groups is 1. The van der Waals surface area contributed by atoms with Gasteiger partial charge in [0, 0.05) is 13.0 Å². The third kappa shape index (κ3) is 39.8. The van der Waals surface area contributed by atoms with E-state index in [4.69, 9.17) is 18.5 Å². The molecule has 0 aliphatic heterocycles. The summed E-state index contributed by atoms with van der Waals surface area (Å²) in [6.07, 6.45) is 40.5. The molecule has 0 bridgehead atoms. The SMILES string of the molecule is CCCCCCC/C=C\C/C=C\C/C=C\CCCCCCCCCCC(=O)OC(COCCCCCCCC)COP(=O)(O)OCC[N+](C)(C)C. The molecule has 0 heterocycles. The highest BCUT2D eigenvalue weighted by Gasteiger charge is 2.26. The van der Waals surface area contributed by atoms with Gasteiger partial charge in [-0.2, -0.15) is 0 Å². The molecule has 300 valence electrons. The summed E-state index contributed by atoms with van der Waals surface area (Å²) in [6.45, 7) is 5.55. The van der Waals surface area contributed by atoms with E-state index in [1.165, 1.54) is 96.3 Å². The molecule has 0 amide bonds. The molecule has 0 aromatic heterocycles. The number of nitrogens with zero attached hydrogens (tertiary/aromatic N) is 1. The van der Waals surface area contributed by atoms with Crippen LogP contribution in [0.4, 0.5) is 0 Å². The molecular formula is C42H81NO7P+. The molecule has 51 heavy (non-hydrogen) atoms. The van der Waals surface area contributed by atoms with E-state index in [0.29, 0.717) is 24.1 Å². The van der Waals surface area contributed by atoms with E-state index in [1.54, 1.807) is 0 Å². The second kappa shape index (κ2) is 35.7. The van der Waals surface area contributed by atoms with Gasteiger partial charge in [-0.25, -0.2) is 4.57 Å². The second-order valence-corrected chi connectivity index (χ2v) is 16.5. The number of carbonyl (C=O) groups is 1. The van der Waals surface area contributed by atoms with Gasteiger partial charge in [0.1, 0.15) is 19.3 Å². The minimum atomic E-state index is -4.26. The van der Waals surface area contributed by atoms with E-state index in [2.05, 4.69) is 50.3 Å². The lowest BCUT2D eigenvalue weighted by Crippen LogP contribution is -2.37. The monoisotopic (exact) mass is 743 g/mol. The van der Waals surface area contributed by atoms with Crippen molar-refractivity contribution in [1.82, 2.24) is 0 Å². The Kier molecular flexibility index (Phi) is 34.8. The number of quaternary nitrogens is 1. The molecular weight excluding hydrogens is 661 g/mol. The van der Waals surface area contributed by atoms with Crippen LogP contribution < -0.4 is 0 Å². The number of ether oxygens (including phenoxy) is 2. The summed E-state index contributed by atoms with van der Waals surface area (Å²) in [4.78, 5) is 22.7. The van der Waals surface area contributed by atoms with E-state index in [9.17, 15) is 14.3 Å². The molecule has 0 aliphatic carbocycles. The zero-order valence-corrected chi connectivity index (χ0v) is 34.7. The van der Waals surface area contributed by atoms with E-state index in [1.807, 2.05) is 21.1 Å². The molecule has 0 spiro atoms. The molecule has 0 aliphatic rings. The van der Waals surface area contributed by atoms with Gasteiger partial charge in [-0.3, -0.25) is 13.8 Å². The fourth-order valence-electron chi connectivity index (χ4n) is 5.44. The summed E-state index contributed by atoms with van der Waals surface area (Å²) in [5.41, 5.74) is 0. The largest absolute Gasteiger partial charge is 0.472 e. The van der Waals surface area contributed by atoms with Gasteiger partial charge in [-0.1, -0.05) is 147 Å². The topological polar surface area (TPSA) is 91.3 Å². The Hall–Kier alpha value is -1.28. The Morgan fingerprint density at radius 1 is 0.608 bits per heavy atom. The van der Waals surface area contributed by atoms with Gasteiger partial charge in [-0.15, -0.1) is 0 Å². The lowest BCUT2D eigenvalue weighted by molar-refractivity contribution is -0.870. The minimum Gasteiger partial charge on any atom is -0.457 e. The fourth-order valence-corrected chi connectivity index (χ4v) is 6.18. The van der Waals surface area contributed by atoms with Crippen LogP contribution in [0, 0.1) is 0 Å². The maximum atomic E-state index is 12.6. The molecule has 8 nitrogen and oxygen atoms in total. The highest BCUT2D eigenvalue weighted by molar-refractivity contribution is 7.47. The van der Waals surface area contributed by atoms with Crippen molar-refractivity contribution < 1.29 is 37.3 Å². The smallest absolute Gasteiger partial charge is 0.457 e. The molecule has 0 saturated carbocycles. The Morgan fingerprint density at radius 2 is 1.08 bits per heavy atom. The number of carbonyl (C=O) groups excluding carboxylic acids is 1. The number of hydrogen-bond acceptors (Lipinski definition) is 6. The van der Waals surface area contributed by atoms with Crippen LogP contribution in [0.25, 0.3) is 0 Å². The van der Waals surface area contributed by atoms with Crippen LogP contribution in [0.15, 0.2) is 36.5 Å². The molecule has 0 fully saturated rings. The van der Waals surface area contributed by atoms with Crippen molar-refractivity contribution in [2.24, 2.45) is 0 Å². The number of allylic oxidation sites excluding steroid dienone is 6. The molecule has 0 saturated heterocycles. The Bertz CT molecular complexity index is 915. The molecule has 0 radical (unpaired) electrons. The molecule has 0 aromatic carbocycles. The standard InChI is InChI=1S/C42H80NO7P/c1-6-8-10-12-14-15-16-17-18-19-20-21-22-23-24-25-26-27-28-29-30-31-33-35-42(44)50-41(39-47-37-34-32-13-11-9-7-2)40-49-51(45,46)48-38-36-43(3,4)5/h16-17,19-20,22-23,41H,6-15,18,21,24-40H2,1-5H3/p+1/b17-16-,20-19-,23-22-. The van der Waals surface area contributed by atoms with Crippen LogP contribution in [0.5, 0.6) is 0 Å². The van der Waals surface area contributed by atoms with Crippen LogP contribution in [-0.4, -0.2) is 75.6 Å². The van der Waals surface area contributed by atoms with Crippen molar-refractivity contribution in [3.8, 4) is 0 Å². The van der Waals surface area contributed by atoms with Gasteiger partial charge in [0.15, 0.2) is 0 Å². The van der Waals surface area contributed by atoms with E-state index < -0.39 is 13.9 Å². The number of likely N-dealkylation sites (N-methyl/N-ethyl adjacent to an activating group) is 1. The third-order valence-electron chi connectivity index (χ3n) is 8.70. The van der Waals surface area contributed by atoms with Crippen LogP contribution in [-0.2, 0) is 27.9 Å². The quantitative estimate of drug-likeness (QED) is 0.0221. The Labute approximate surface area is 315 Å². The van der Waals surface area contributed by atoms with Crippen molar-refractivity contribution >= 4 is 13.8 Å². The van der Waals surface area contributed by atoms with E-state index >= 15 is 0 Å². The van der Waals surface area contributed by atoms with Crippen LogP contribution in [0.3, 0.4) is 0 Å². The maximum Gasteiger partial charge on any atom is 0.472 e. The second-order valence-electron chi connectivity index (χ2n) is 15.0. The highest BCUT2D eigenvalue weighted by atomic mass is 31.2. The number of unbranched alkanes of at least 4 members (excludes halogenated alkanes) is 18. The van der Waals surface area contributed by atoms with Crippen LogP contribution >= 0.6 is 7.82 Å². The lowest BCUT2D eigenvalue weighted by Gasteiger charge is -2.24. The number of rotatable bonds is 38. The summed E-state index contributed by atoms with van der Waals surface area (Å²) in [7, 11) is 1.66. The van der Waals surface area contributed by atoms with Crippen molar-refractivity contribution in [3.05, 3.63) is 36.5 Å². The highest BCUT2D eigenvalue weighted by Crippen LogP contribution is 2.43. The van der Waals surface area contributed by atoms with Gasteiger partial charge >= 0.3 is 13.8 Å². The predicted molar refractivity (Wildman–Crippen MR) is 215 cm³/mol. The van der Waals surface area contributed by atoms with Gasteiger partial charge in [0.05, 0.1) is 34.4 Å². The average molecular weight is 743 g/mol. The Morgan fingerprint density at radius 3 is 1.61 bits per heavy atom. The van der Waals surface area contributed by atoms with Crippen molar-refractivity contribution in [1.29, 1.82) is 0 Å². The Balaban J connectivity index is 4.07. The normalized spacial score (nSPS) is 14.2. The third-order valence-corrected chi connectivity index (χ3v) is 9.69. The van der Waals surface area contributed by atoms with E-state index in [0.717, 1.165) is 51.4 Å². The van der Waals surface area contributed by atoms with Crippen molar-refractivity contribution in [3.63, 3.8) is 0 Å². The first kappa shape index (κ1) is 49.7. The summed E-state index contributed by atoms with van der Waals surface area (Å²) < 4.78 is 34.7. The van der Waals surface area contributed by atoms with Gasteiger partial charge in [-0.05, 0) is 51.4 Å². The number of hydrogen-bond donors (Lipinski definition) is 1. The molecule has 0 rings (SSSR count). The summed E-state index contributed by atoms with van der Waals surface area (Å²) in [5.74, 6) is -0.325. The lowest BCUT2D eigenvalue weighted by atomic mass is 10.1. The first-order chi connectivity index (χ1) is 24.6. The fraction of sp³-hybridized carbons (Fsp3) is 0.833. The first-order valence-corrected chi connectivity index (χ1v) is 22.2. The first-order valence-electron chi connectivity index (χ1n) is 20.7. The summed E-state index contributed by atoms with van der Waals surface area (Å²) >= 11 is 0. The van der Waals surface area contributed by atoms with Crippen LogP contribution in [0.2, 0.25) is 0 Å². The number of phosphoric ester groups is 1. The number of esters is 1. The van der Waals surface area contributed by atoms with Gasteiger partial charge < -0.3 is 18.9 Å². The minimum absolute atomic E-state index is 0.0869. The van der Waals surface area contributed by atoms with E-state index in [-0.39, 0.29) is 25.8 Å². The zero-order chi connectivity index (χ0) is 37.7. The van der Waals surface area contributed by atoms with Gasteiger partial charge in [0.25, 0.3) is 0 Å². The average Bonchev–Trinajstić information content (AvgIpc) is 3.08.